The number of carbonyl (C=O) groups excluding carboxylic acids is 1. The van der Waals surface area contributed by atoms with Gasteiger partial charge in [-0.15, -0.1) is 0 Å². The van der Waals surface area contributed by atoms with Gasteiger partial charge in [0, 0.05) is 17.1 Å². The Kier molecular flexibility index (Phi) is 4.36. The number of aromatic hydroxyl groups is 1. The summed E-state index contributed by atoms with van der Waals surface area (Å²) in [5.41, 5.74) is -2.76. The van der Waals surface area contributed by atoms with Gasteiger partial charge in [-0.05, 0) is 24.3 Å². The molecule has 9 heteroatoms. The molecule has 0 saturated heterocycles. The molecule has 3 aromatic rings. The van der Waals surface area contributed by atoms with Crippen LogP contribution in [-0.4, -0.2) is 16.1 Å². The lowest BCUT2D eigenvalue weighted by molar-refractivity contribution is 0.262. The third-order valence-electron chi connectivity index (χ3n) is 3.52. The van der Waals surface area contributed by atoms with E-state index in [1.807, 2.05) is 0 Å². The highest BCUT2D eigenvalue weighted by Gasteiger charge is 2.15. The molecular weight excluding hydrogens is 348 g/mol. The number of rotatable bonds is 2. The van der Waals surface area contributed by atoms with Gasteiger partial charge in [0.1, 0.15) is 5.69 Å². The van der Waals surface area contributed by atoms with Crippen LogP contribution in [-0.2, 0) is 0 Å². The molecule has 4 N–H and O–H groups in total. The molecule has 2 aromatic carbocycles. The molecule has 0 radical (unpaired) electrons. The molecule has 3 rings (SSSR count). The van der Waals surface area contributed by atoms with E-state index >= 15 is 0 Å². The molecule has 0 fully saturated rings. The van der Waals surface area contributed by atoms with Crippen molar-refractivity contribution in [1.29, 1.82) is 0 Å². The summed E-state index contributed by atoms with van der Waals surface area (Å²) >= 11 is 0. The number of hydrogen-bond acceptors (Lipinski definition) is 4. The first-order valence-electron chi connectivity index (χ1n) is 7.28. The summed E-state index contributed by atoms with van der Waals surface area (Å²) in [5.74, 6) is -2.88. The van der Waals surface area contributed by atoms with Crippen LogP contribution >= 0.6 is 0 Å². The first-order chi connectivity index (χ1) is 12.4. The van der Waals surface area contributed by atoms with Crippen molar-refractivity contribution in [3.05, 3.63) is 74.7 Å². The number of hydrogen-bond donors (Lipinski definition) is 4. The lowest BCUT2D eigenvalue weighted by Crippen LogP contribution is -2.30. The molecule has 1 heterocycles. The van der Waals surface area contributed by atoms with Gasteiger partial charge in [0.25, 0.3) is 11.0 Å². The van der Waals surface area contributed by atoms with Crippen LogP contribution in [0.4, 0.5) is 25.0 Å². The number of amides is 2. The van der Waals surface area contributed by atoms with Gasteiger partial charge in [-0.1, -0.05) is 12.1 Å². The van der Waals surface area contributed by atoms with Crippen LogP contribution in [0.25, 0.3) is 10.9 Å². The zero-order valence-electron chi connectivity index (χ0n) is 13.0. The third-order valence-corrected chi connectivity index (χ3v) is 3.52. The van der Waals surface area contributed by atoms with E-state index in [0.29, 0.717) is 0 Å². The largest absolute Gasteiger partial charge is 0.505 e. The zero-order chi connectivity index (χ0) is 18.8. The smallest absolute Gasteiger partial charge is 0.323 e. The van der Waals surface area contributed by atoms with E-state index in [1.54, 1.807) is 12.1 Å². The minimum atomic E-state index is -1.18. The number of fused-ring (bicyclic) bond motifs is 1. The summed E-state index contributed by atoms with van der Waals surface area (Å²) < 4.78 is 26.1. The number of nitrogens with one attached hydrogen (secondary N) is 3. The van der Waals surface area contributed by atoms with Crippen molar-refractivity contribution >= 4 is 28.3 Å². The van der Waals surface area contributed by atoms with Crippen molar-refractivity contribution in [3.8, 4) is 5.75 Å². The number of para-hydroxylation sites is 1. The van der Waals surface area contributed by atoms with E-state index in [-0.39, 0.29) is 16.6 Å². The highest BCUT2D eigenvalue weighted by Crippen LogP contribution is 2.26. The summed E-state index contributed by atoms with van der Waals surface area (Å²) in [4.78, 5) is 38.4. The van der Waals surface area contributed by atoms with Crippen LogP contribution in [0, 0.1) is 11.6 Å². The molecule has 0 aliphatic carbocycles. The second-order valence-electron chi connectivity index (χ2n) is 5.26. The summed E-state index contributed by atoms with van der Waals surface area (Å²) in [6, 6.07) is 7.68. The van der Waals surface area contributed by atoms with Crippen molar-refractivity contribution in [3.63, 3.8) is 0 Å². The van der Waals surface area contributed by atoms with Crippen LogP contribution in [0.5, 0.6) is 5.75 Å². The Labute approximate surface area is 143 Å². The van der Waals surface area contributed by atoms with Gasteiger partial charge in [0.05, 0.1) is 5.52 Å². The van der Waals surface area contributed by atoms with Crippen molar-refractivity contribution in [1.82, 2.24) is 4.98 Å². The summed E-state index contributed by atoms with van der Waals surface area (Å²) in [6.07, 6.45) is 0. The fraction of sp³-hybridized carbons (Fsp3) is 0. The lowest BCUT2D eigenvalue weighted by Gasteiger charge is -2.08. The number of aromatic amines is 1. The number of urea groups is 1. The molecule has 1 aromatic heterocycles. The van der Waals surface area contributed by atoms with Crippen LogP contribution in [0.1, 0.15) is 0 Å². The first kappa shape index (κ1) is 17.1. The Morgan fingerprint density at radius 1 is 1.00 bits per heavy atom. The monoisotopic (exact) mass is 359 g/mol. The number of anilines is 2. The number of halogens is 2. The van der Waals surface area contributed by atoms with Gasteiger partial charge in [0.2, 0.25) is 0 Å². The molecule has 0 unspecified atom stereocenters. The normalized spacial score (nSPS) is 10.5. The maximum atomic E-state index is 13.2. The van der Waals surface area contributed by atoms with Crippen molar-refractivity contribution in [2.75, 3.05) is 10.6 Å². The highest BCUT2D eigenvalue weighted by molar-refractivity contribution is 6.02. The van der Waals surface area contributed by atoms with E-state index < -0.39 is 40.1 Å². The van der Waals surface area contributed by atoms with Crippen molar-refractivity contribution < 1.29 is 18.7 Å². The van der Waals surface area contributed by atoms with E-state index in [4.69, 9.17) is 0 Å². The number of aromatic nitrogens is 1. The Bertz CT molecular complexity index is 1140. The Morgan fingerprint density at radius 3 is 2.46 bits per heavy atom. The van der Waals surface area contributed by atoms with Crippen LogP contribution in [0.2, 0.25) is 0 Å². The second kappa shape index (κ2) is 6.63. The molecular formula is C17H11F2N3O4. The van der Waals surface area contributed by atoms with Gasteiger partial charge in [-0.2, -0.15) is 0 Å². The molecule has 0 bridgehead atoms. The summed E-state index contributed by atoms with van der Waals surface area (Å²) in [7, 11) is 0. The first-order valence-corrected chi connectivity index (χ1v) is 7.28. The Balaban J connectivity index is 2.00. The molecule has 7 nitrogen and oxygen atoms in total. The predicted octanol–water partition coefficient (Wildman–Crippen LogP) is 2.52. The summed E-state index contributed by atoms with van der Waals surface area (Å²) in [5, 5.41) is 14.7. The minimum Gasteiger partial charge on any atom is -0.505 e. The Hall–Kier alpha value is -3.75. The standard InChI is InChI=1S/C17H11F2N3O4/c18-10-6-5-8(7-11(10)19)20-17(26)22-13-14(23)9-3-1-2-4-12(9)21-16(25)15(13)24/h1-7H,(H4,20,21,22,23,24,25,26). The van der Waals surface area contributed by atoms with Gasteiger partial charge < -0.3 is 20.7 Å². The maximum Gasteiger partial charge on any atom is 0.323 e. The molecule has 26 heavy (non-hydrogen) atoms. The molecule has 0 spiro atoms. The molecule has 0 atom stereocenters. The van der Waals surface area contributed by atoms with Gasteiger partial charge in [-0.25, -0.2) is 13.6 Å². The molecule has 2 amide bonds. The van der Waals surface area contributed by atoms with Crippen molar-refractivity contribution in [2.45, 2.75) is 0 Å². The van der Waals surface area contributed by atoms with Crippen LogP contribution in [0.15, 0.2) is 52.1 Å². The van der Waals surface area contributed by atoms with E-state index in [0.717, 1.165) is 18.2 Å². The molecule has 0 aliphatic heterocycles. The van der Waals surface area contributed by atoms with E-state index in [1.165, 1.54) is 12.1 Å². The molecule has 0 saturated carbocycles. The van der Waals surface area contributed by atoms with Crippen LogP contribution in [0.3, 0.4) is 0 Å². The van der Waals surface area contributed by atoms with E-state index in [9.17, 15) is 28.3 Å². The predicted molar refractivity (Wildman–Crippen MR) is 91.5 cm³/mol. The highest BCUT2D eigenvalue weighted by atomic mass is 19.2. The quantitative estimate of drug-likeness (QED) is 0.527. The van der Waals surface area contributed by atoms with Gasteiger partial charge >= 0.3 is 6.03 Å². The SMILES string of the molecule is O=C(Nc1ccc(F)c(F)c1)Nc1c(O)c2ccccc2[nH]c(=O)c1=O. The minimum absolute atomic E-state index is 0.0904. The Morgan fingerprint density at radius 2 is 1.73 bits per heavy atom. The zero-order valence-corrected chi connectivity index (χ0v) is 13.0. The number of H-pyrrole nitrogens is 1. The number of benzene rings is 2. The third kappa shape index (κ3) is 3.22. The fourth-order valence-electron chi connectivity index (χ4n) is 2.30. The second-order valence-corrected chi connectivity index (χ2v) is 5.26. The van der Waals surface area contributed by atoms with Gasteiger partial charge in [0.15, 0.2) is 17.4 Å². The average molecular weight is 359 g/mol. The number of carbonyl (C=O) groups is 1. The van der Waals surface area contributed by atoms with Gasteiger partial charge in [-0.3, -0.25) is 9.59 Å². The average Bonchev–Trinajstić information content (AvgIpc) is 2.69. The molecule has 0 aliphatic rings. The molecule has 132 valence electrons. The summed E-state index contributed by atoms with van der Waals surface area (Å²) in [6.45, 7) is 0. The van der Waals surface area contributed by atoms with Crippen molar-refractivity contribution in [2.24, 2.45) is 0 Å². The fourth-order valence-corrected chi connectivity index (χ4v) is 2.30. The van der Waals surface area contributed by atoms with Crippen LogP contribution < -0.4 is 21.6 Å². The topological polar surface area (TPSA) is 111 Å². The van der Waals surface area contributed by atoms with E-state index in [2.05, 4.69) is 15.6 Å². The maximum absolute atomic E-state index is 13.2. The lowest BCUT2D eigenvalue weighted by atomic mass is 10.2.